The molecule has 1 heterocycles. The summed E-state index contributed by atoms with van der Waals surface area (Å²) in [5, 5.41) is 3.03. The minimum absolute atomic E-state index is 0.138. The van der Waals surface area contributed by atoms with Crippen LogP contribution in [-0.2, 0) is 6.18 Å². The van der Waals surface area contributed by atoms with Gasteiger partial charge in [0.25, 0.3) is 0 Å². The fourth-order valence-corrected chi connectivity index (χ4v) is 2.25. The van der Waals surface area contributed by atoms with Gasteiger partial charge in [0.2, 0.25) is 0 Å². The summed E-state index contributed by atoms with van der Waals surface area (Å²) < 4.78 is 45.1. The number of amidine groups is 1. The molecule has 21 heavy (non-hydrogen) atoms. The van der Waals surface area contributed by atoms with Gasteiger partial charge in [-0.05, 0) is 18.6 Å². The second-order valence-corrected chi connectivity index (χ2v) is 4.77. The number of nitrogens with zero attached hydrogens (tertiary/aromatic N) is 1. The smallest absolute Gasteiger partial charge is 0.420 e. The normalized spacial score (nSPS) is 16.1. The zero-order valence-corrected chi connectivity index (χ0v) is 11.7. The van der Waals surface area contributed by atoms with E-state index in [1.165, 1.54) is 19.1 Å². The molecule has 1 N–H and O–H groups in total. The van der Waals surface area contributed by atoms with E-state index in [9.17, 15) is 13.2 Å². The first-order valence-electron chi connectivity index (χ1n) is 6.66. The van der Waals surface area contributed by atoms with Gasteiger partial charge in [-0.1, -0.05) is 18.2 Å². The van der Waals surface area contributed by atoms with E-state index in [0.29, 0.717) is 25.3 Å². The monoisotopic (exact) mass is 298 g/mol. The molecule has 1 unspecified atom stereocenters. The van der Waals surface area contributed by atoms with Crippen molar-refractivity contribution in [3.8, 4) is 5.75 Å². The summed E-state index contributed by atoms with van der Waals surface area (Å²) in [5.41, 5.74) is -0.601. The molecule has 0 saturated heterocycles. The Balaban J connectivity index is 2.32. The Kier molecular flexibility index (Phi) is 4.55. The third-order valence-electron chi connectivity index (χ3n) is 3.17. The van der Waals surface area contributed by atoms with Crippen LogP contribution in [0.15, 0.2) is 35.8 Å². The molecule has 114 valence electrons. The summed E-state index contributed by atoms with van der Waals surface area (Å²) in [6.07, 6.45) is -3.04. The van der Waals surface area contributed by atoms with E-state index in [1.807, 2.05) is 0 Å². The predicted octanol–water partition coefficient (Wildman–Crippen LogP) is 3.34. The number of aliphatic imine (C=N–C) groups is 1. The lowest BCUT2D eigenvalue weighted by Crippen LogP contribution is -2.35. The number of alkyl halides is 3. The number of hydrogen-bond acceptors (Lipinski definition) is 3. The van der Waals surface area contributed by atoms with Crippen molar-refractivity contribution >= 4 is 5.84 Å². The topological polar surface area (TPSA) is 33.6 Å². The second kappa shape index (κ2) is 6.20. The summed E-state index contributed by atoms with van der Waals surface area (Å²) in [7, 11) is 0. The highest BCUT2D eigenvalue weighted by Gasteiger charge is 2.37. The first kappa shape index (κ1) is 15.4. The lowest BCUT2D eigenvalue weighted by atomic mass is 10.1. The fourth-order valence-electron chi connectivity index (χ4n) is 2.25. The highest BCUT2D eigenvalue weighted by atomic mass is 19.4. The molecule has 3 nitrogen and oxygen atoms in total. The Morgan fingerprint density at radius 1 is 1.48 bits per heavy atom. The Morgan fingerprint density at radius 2 is 2.24 bits per heavy atom. The van der Waals surface area contributed by atoms with Crippen molar-refractivity contribution in [3.63, 3.8) is 0 Å². The van der Waals surface area contributed by atoms with Crippen molar-refractivity contribution in [3.05, 3.63) is 42.0 Å². The molecule has 1 aromatic rings. The quantitative estimate of drug-likeness (QED) is 0.846. The van der Waals surface area contributed by atoms with E-state index in [4.69, 9.17) is 4.74 Å². The molecule has 1 aliphatic heterocycles. The van der Waals surface area contributed by atoms with Gasteiger partial charge in [0.05, 0.1) is 6.54 Å². The van der Waals surface area contributed by atoms with Crippen LogP contribution in [0.2, 0.25) is 0 Å². The zero-order valence-electron chi connectivity index (χ0n) is 11.7. The van der Waals surface area contributed by atoms with Gasteiger partial charge in [-0.25, -0.2) is 0 Å². The Morgan fingerprint density at radius 3 is 2.81 bits per heavy atom. The van der Waals surface area contributed by atoms with Crippen LogP contribution in [-0.4, -0.2) is 25.0 Å². The number of halogens is 3. The van der Waals surface area contributed by atoms with E-state index >= 15 is 0 Å². The average molecular weight is 298 g/mol. The van der Waals surface area contributed by atoms with Crippen LogP contribution in [0.4, 0.5) is 13.2 Å². The molecule has 0 aromatic heterocycles. The summed E-state index contributed by atoms with van der Waals surface area (Å²) in [5.74, 6) is 0.398. The van der Waals surface area contributed by atoms with Gasteiger partial charge in [0.1, 0.15) is 17.1 Å². The van der Waals surface area contributed by atoms with Crippen molar-refractivity contribution in [2.45, 2.75) is 25.6 Å². The number of nitrogens with one attached hydrogen (secondary N) is 1. The highest BCUT2D eigenvalue weighted by Crippen LogP contribution is 2.39. The standard InChI is InChI=1S/C15H17F3N2O/c1-3-5-12(14-19-8-9-20-14)21-11-7-4-6-10(2)13(11)15(16,17)18/h3-4,6-7,12H,1,5,8-9H2,2H3,(H,19,20). The van der Waals surface area contributed by atoms with E-state index in [2.05, 4.69) is 16.9 Å². The Labute approximate surface area is 121 Å². The average Bonchev–Trinajstić information content (AvgIpc) is 2.90. The molecule has 2 rings (SSSR count). The van der Waals surface area contributed by atoms with Gasteiger partial charge in [-0.15, -0.1) is 6.58 Å². The molecular weight excluding hydrogens is 281 g/mol. The first-order chi connectivity index (χ1) is 9.93. The minimum atomic E-state index is -4.45. The molecule has 6 heteroatoms. The number of aryl methyl sites for hydroxylation is 1. The number of hydrogen-bond donors (Lipinski definition) is 1. The van der Waals surface area contributed by atoms with Crippen LogP contribution in [0.25, 0.3) is 0 Å². The molecule has 0 amide bonds. The zero-order chi connectivity index (χ0) is 15.5. The predicted molar refractivity (Wildman–Crippen MR) is 75.7 cm³/mol. The maximum absolute atomic E-state index is 13.2. The minimum Gasteiger partial charge on any atom is -0.482 e. The molecule has 1 aliphatic rings. The van der Waals surface area contributed by atoms with Crippen LogP contribution in [0, 0.1) is 6.92 Å². The van der Waals surface area contributed by atoms with Gasteiger partial charge in [-0.3, -0.25) is 4.99 Å². The van der Waals surface area contributed by atoms with Crippen molar-refractivity contribution in [1.29, 1.82) is 0 Å². The molecule has 1 atom stereocenters. The third-order valence-corrected chi connectivity index (χ3v) is 3.17. The van der Waals surface area contributed by atoms with Crippen LogP contribution in [0.3, 0.4) is 0 Å². The van der Waals surface area contributed by atoms with Crippen LogP contribution in [0.1, 0.15) is 17.5 Å². The van der Waals surface area contributed by atoms with Crippen LogP contribution >= 0.6 is 0 Å². The molecule has 0 radical (unpaired) electrons. The van der Waals surface area contributed by atoms with Crippen molar-refractivity contribution in [1.82, 2.24) is 5.32 Å². The summed E-state index contributed by atoms with van der Waals surface area (Å²) >= 11 is 0. The molecule has 1 aromatic carbocycles. The van der Waals surface area contributed by atoms with Gasteiger partial charge in [-0.2, -0.15) is 13.2 Å². The van der Waals surface area contributed by atoms with E-state index in [1.54, 1.807) is 12.1 Å². The lowest BCUT2D eigenvalue weighted by Gasteiger charge is -2.22. The van der Waals surface area contributed by atoms with Crippen molar-refractivity contribution in [2.75, 3.05) is 13.1 Å². The van der Waals surface area contributed by atoms with E-state index in [-0.39, 0.29) is 11.3 Å². The maximum atomic E-state index is 13.2. The molecular formula is C15H17F3N2O. The van der Waals surface area contributed by atoms with Gasteiger partial charge in [0, 0.05) is 13.0 Å². The maximum Gasteiger partial charge on any atom is 0.420 e. The Bertz CT molecular complexity index is 552. The largest absolute Gasteiger partial charge is 0.482 e. The summed E-state index contributed by atoms with van der Waals surface area (Å²) in [6, 6.07) is 4.31. The highest BCUT2D eigenvalue weighted by molar-refractivity contribution is 5.88. The third kappa shape index (κ3) is 3.56. The van der Waals surface area contributed by atoms with Crippen molar-refractivity contribution < 1.29 is 17.9 Å². The summed E-state index contributed by atoms with van der Waals surface area (Å²) in [4.78, 5) is 4.22. The number of ether oxygens (including phenoxy) is 1. The fraction of sp³-hybridized carbons (Fsp3) is 0.400. The van der Waals surface area contributed by atoms with Crippen LogP contribution in [0.5, 0.6) is 5.75 Å². The second-order valence-electron chi connectivity index (χ2n) is 4.77. The SMILES string of the molecule is C=CCC(Oc1cccc(C)c1C(F)(F)F)C1=NCCN1. The Hall–Kier alpha value is -1.98. The van der Waals surface area contributed by atoms with E-state index < -0.39 is 17.8 Å². The molecule has 0 saturated carbocycles. The lowest BCUT2D eigenvalue weighted by molar-refractivity contribution is -0.139. The van der Waals surface area contributed by atoms with Crippen LogP contribution < -0.4 is 10.1 Å². The van der Waals surface area contributed by atoms with Gasteiger partial charge in [0.15, 0.2) is 6.10 Å². The first-order valence-corrected chi connectivity index (χ1v) is 6.66. The molecule has 0 spiro atoms. The van der Waals surface area contributed by atoms with Gasteiger partial charge < -0.3 is 10.1 Å². The molecule has 0 aliphatic carbocycles. The summed E-state index contributed by atoms with van der Waals surface area (Å²) in [6.45, 7) is 6.31. The van der Waals surface area contributed by atoms with E-state index in [0.717, 1.165) is 0 Å². The van der Waals surface area contributed by atoms with Crippen molar-refractivity contribution in [2.24, 2.45) is 4.99 Å². The number of benzene rings is 1. The molecule has 0 bridgehead atoms. The number of rotatable bonds is 5. The molecule has 0 fully saturated rings. The van der Waals surface area contributed by atoms with Gasteiger partial charge >= 0.3 is 6.18 Å².